The molecule has 0 aliphatic carbocycles. The number of allylic oxidation sites excluding steroid dienone is 1. The van der Waals surface area contributed by atoms with Gasteiger partial charge in [-0.2, -0.15) is 0 Å². The molecule has 0 aliphatic rings. The fraction of sp³-hybridized carbons (Fsp3) is 0.250. The zero-order chi connectivity index (χ0) is 11.0. The largest absolute Gasteiger partial charge is 0.331 e. The molecule has 0 fully saturated rings. The monoisotopic (exact) mass is 218 g/mol. The van der Waals surface area contributed by atoms with Gasteiger partial charge in [0.2, 0.25) is 0 Å². The summed E-state index contributed by atoms with van der Waals surface area (Å²) in [5, 5.41) is 0. The maximum atomic E-state index is 5.31. The molecule has 0 saturated heterocycles. The Balaban J connectivity index is 2.88. The van der Waals surface area contributed by atoms with Crippen molar-refractivity contribution in [1.82, 2.24) is 9.55 Å². The van der Waals surface area contributed by atoms with E-state index in [4.69, 9.17) is 12.2 Å². The molecule has 0 spiro atoms. The van der Waals surface area contributed by atoms with Gasteiger partial charge >= 0.3 is 0 Å². The highest BCUT2D eigenvalue weighted by molar-refractivity contribution is 7.71. The van der Waals surface area contributed by atoms with E-state index in [1.165, 1.54) is 11.1 Å². The second-order valence-corrected chi connectivity index (χ2v) is 4.13. The molecule has 0 aliphatic heterocycles. The van der Waals surface area contributed by atoms with E-state index in [2.05, 4.69) is 36.0 Å². The summed E-state index contributed by atoms with van der Waals surface area (Å²) < 4.78 is 2.86. The molecular weight excluding hydrogens is 204 g/mol. The Bertz CT molecular complexity index is 562. The number of rotatable bonds is 2. The molecule has 1 atom stereocenters. The van der Waals surface area contributed by atoms with E-state index in [1.807, 2.05) is 18.2 Å². The van der Waals surface area contributed by atoms with Gasteiger partial charge in [-0.3, -0.25) is 0 Å². The minimum Gasteiger partial charge on any atom is -0.331 e. The number of aryl methyl sites for hydroxylation is 1. The highest BCUT2D eigenvalue weighted by Crippen LogP contribution is 2.22. The first-order valence-corrected chi connectivity index (χ1v) is 5.38. The molecule has 0 amide bonds. The number of imidazole rings is 1. The van der Waals surface area contributed by atoms with Gasteiger partial charge in [0, 0.05) is 0 Å². The Morgan fingerprint density at radius 3 is 2.93 bits per heavy atom. The lowest BCUT2D eigenvalue weighted by Crippen LogP contribution is -2.02. The maximum Gasteiger partial charge on any atom is 0.178 e. The smallest absolute Gasteiger partial charge is 0.178 e. The molecule has 1 N–H and O–H groups in total. The molecule has 2 nitrogen and oxygen atoms in total. The van der Waals surface area contributed by atoms with E-state index in [9.17, 15) is 0 Å². The number of benzene rings is 1. The van der Waals surface area contributed by atoms with Crippen LogP contribution in [0.15, 0.2) is 30.9 Å². The minimum absolute atomic E-state index is 0.215. The van der Waals surface area contributed by atoms with Gasteiger partial charge in [-0.15, -0.1) is 6.58 Å². The molecule has 1 aromatic carbocycles. The molecule has 2 aromatic rings. The second kappa shape index (κ2) is 3.66. The van der Waals surface area contributed by atoms with Crippen molar-refractivity contribution in [2.75, 3.05) is 0 Å². The van der Waals surface area contributed by atoms with Crippen LogP contribution in [0.3, 0.4) is 0 Å². The fourth-order valence-corrected chi connectivity index (χ4v) is 2.22. The Hall–Kier alpha value is -1.35. The quantitative estimate of drug-likeness (QED) is 0.601. The van der Waals surface area contributed by atoms with Gasteiger partial charge in [0.25, 0.3) is 0 Å². The average molecular weight is 218 g/mol. The first kappa shape index (κ1) is 10.2. The van der Waals surface area contributed by atoms with Crippen LogP contribution in [0.2, 0.25) is 0 Å². The van der Waals surface area contributed by atoms with Crippen LogP contribution in [0.4, 0.5) is 0 Å². The number of nitrogens with zero attached hydrogens (tertiary/aromatic N) is 1. The predicted octanol–water partition coefficient (Wildman–Crippen LogP) is 3.75. The third-order valence-electron chi connectivity index (χ3n) is 2.69. The van der Waals surface area contributed by atoms with Crippen molar-refractivity contribution in [3.63, 3.8) is 0 Å². The minimum atomic E-state index is 0.215. The normalized spacial score (nSPS) is 12.9. The van der Waals surface area contributed by atoms with E-state index in [0.717, 1.165) is 10.3 Å². The molecule has 78 valence electrons. The van der Waals surface area contributed by atoms with Crippen LogP contribution in [0.25, 0.3) is 11.0 Å². The van der Waals surface area contributed by atoms with E-state index in [-0.39, 0.29) is 6.04 Å². The van der Waals surface area contributed by atoms with E-state index in [1.54, 1.807) is 0 Å². The first-order valence-electron chi connectivity index (χ1n) is 4.97. The van der Waals surface area contributed by atoms with Crippen molar-refractivity contribution < 1.29 is 0 Å². The van der Waals surface area contributed by atoms with E-state index >= 15 is 0 Å². The number of hydrogen-bond acceptors (Lipinski definition) is 1. The lowest BCUT2D eigenvalue weighted by Gasteiger charge is -2.10. The molecule has 0 saturated carbocycles. The third kappa shape index (κ3) is 1.53. The molecule has 0 bridgehead atoms. The lowest BCUT2D eigenvalue weighted by atomic mass is 10.2. The highest BCUT2D eigenvalue weighted by atomic mass is 32.1. The molecule has 2 rings (SSSR count). The number of H-pyrrole nitrogens is 1. The number of aromatic amines is 1. The van der Waals surface area contributed by atoms with Crippen molar-refractivity contribution in [1.29, 1.82) is 0 Å². The van der Waals surface area contributed by atoms with Crippen molar-refractivity contribution in [3.05, 3.63) is 41.2 Å². The molecule has 1 heterocycles. The van der Waals surface area contributed by atoms with Gasteiger partial charge in [0.1, 0.15) is 0 Å². The van der Waals surface area contributed by atoms with Crippen molar-refractivity contribution in [2.45, 2.75) is 19.9 Å². The zero-order valence-corrected chi connectivity index (χ0v) is 9.77. The van der Waals surface area contributed by atoms with Crippen LogP contribution in [0.1, 0.15) is 18.5 Å². The topological polar surface area (TPSA) is 20.7 Å². The van der Waals surface area contributed by atoms with Crippen LogP contribution in [-0.4, -0.2) is 9.55 Å². The third-order valence-corrected chi connectivity index (χ3v) is 2.99. The highest BCUT2D eigenvalue weighted by Gasteiger charge is 2.09. The standard InChI is InChI=1S/C12H14N2S/c1-4-9(3)14-11-8(2)6-5-7-10(11)13-12(14)15/h4-7,9H,1H2,2-3H3,(H,13,15). The Morgan fingerprint density at radius 1 is 1.53 bits per heavy atom. The van der Waals surface area contributed by atoms with Gasteiger partial charge in [-0.1, -0.05) is 18.2 Å². The number of aromatic nitrogens is 2. The van der Waals surface area contributed by atoms with Gasteiger partial charge in [-0.25, -0.2) is 0 Å². The maximum absolute atomic E-state index is 5.31. The number of nitrogens with one attached hydrogen (secondary N) is 1. The summed E-state index contributed by atoms with van der Waals surface area (Å²) in [6.45, 7) is 7.99. The van der Waals surface area contributed by atoms with Crippen molar-refractivity contribution in [2.24, 2.45) is 0 Å². The van der Waals surface area contributed by atoms with Crippen LogP contribution >= 0.6 is 12.2 Å². The second-order valence-electron chi connectivity index (χ2n) is 3.75. The fourth-order valence-electron chi connectivity index (χ4n) is 1.85. The Kier molecular flexibility index (Phi) is 2.49. The van der Waals surface area contributed by atoms with Crippen molar-refractivity contribution >= 4 is 23.3 Å². The molecule has 3 heteroatoms. The summed E-state index contributed by atoms with van der Waals surface area (Å²) in [7, 11) is 0. The van der Waals surface area contributed by atoms with E-state index < -0.39 is 0 Å². The van der Waals surface area contributed by atoms with Gasteiger partial charge in [0.15, 0.2) is 4.77 Å². The molecular formula is C12H14N2S. The van der Waals surface area contributed by atoms with E-state index in [0.29, 0.717) is 0 Å². The molecule has 1 unspecified atom stereocenters. The zero-order valence-electron chi connectivity index (χ0n) is 8.95. The lowest BCUT2D eigenvalue weighted by molar-refractivity contribution is 0.671. The van der Waals surface area contributed by atoms with Crippen LogP contribution in [-0.2, 0) is 0 Å². The number of para-hydroxylation sites is 1. The number of hydrogen-bond donors (Lipinski definition) is 1. The first-order chi connectivity index (χ1) is 7.15. The average Bonchev–Trinajstić information content (AvgIpc) is 2.55. The Labute approximate surface area is 94.2 Å². The van der Waals surface area contributed by atoms with Crippen LogP contribution in [0, 0.1) is 11.7 Å². The van der Waals surface area contributed by atoms with Gasteiger partial charge in [-0.05, 0) is 37.7 Å². The summed E-state index contributed by atoms with van der Waals surface area (Å²) in [6.07, 6.45) is 1.90. The SMILES string of the molecule is C=CC(C)n1c(=S)[nH]c2cccc(C)c21. The summed E-state index contributed by atoms with van der Waals surface area (Å²) in [4.78, 5) is 3.21. The molecule has 1 aromatic heterocycles. The summed E-state index contributed by atoms with van der Waals surface area (Å²) in [5.41, 5.74) is 3.50. The molecule has 15 heavy (non-hydrogen) atoms. The summed E-state index contributed by atoms with van der Waals surface area (Å²) in [6, 6.07) is 6.39. The predicted molar refractivity (Wildman–Crippen MR) is 66.8 cm³/mol. The number of fused-ring (bicyclic) bond motifs is 1. The summed E-state index contributed by atoms with van der Waals surface area (Å²) in [5.74, 6) is 0. The van der Waals surface area contributed by atoms with Gasteiger partial charge in [0.05, 0.1) is 17.1 Å². The van der Waals surface area contributed by atoms with Crippen molar-refractivity contribution in [3.8, 4) is 0 Å². The Morgan fingerprint density at radius 2 is 2.27 bits per heavy atom. The van der Waals surface area contributed by atoms with Crippen LogP contribution < -0.4 is 0 Å². The summed E-state index contributed by atoms with van der Waals surface area (Å²) >= 11 is 5.31. The van der Waals surface area contributed by atoms with Crippen LogP contribution in [0.5, 0.6) is 0 Å². The molecule has 0 radical (unpaired) electrons. The van der Waals surface area contributed by atoms with Gasteiger partial charge < -0.3 is 9.55 Å².